The van der Waals surface area contributed by atoms with E-state index in [9.17, 15) is 8.42 Å². The highest BCUT2D eigenvalue weighted by Gasteiger charge is 2.32. The van der Waals surface area contributed by atoms with Gasteiger partial charge in [0.2, 0.25) is 10.0 Å². The first kappa shape index (κ1) is 9.47. The summed E-state index contributed by atoms with van der Waals surface area (Å²) >= 11 is 0. The highest BCUT2D eigenvalue weighted by Crippen LogP contribution is 2.26. The zero-order valence-corrected chi connectivity index (χ0v) is 8.47. The van der Waals surface area contributed by atoms with Crippen LogP contribution in [-0.4, -0.2) is 19.6 Å². The van der Waals surface area contributed by atoms with Crippen molar-refractivity contribution < 1.29 is 12.9 Å². The normalized spacial score (nSPS) is 17.2. The van der Waals surface area contributed by atoms with E-state index in [1.807, 2.05) is 0 Å². The van der Waals surface area contributed by atoms with Gasteiger partial charge in [-0.15, -0.1) is 0 Å². The fourth-order valence-electron chi connectivity index (χ4n) is 1.19. The SMILES string of the molecule is Cc1onc(N)c1S(=O)(=O)NC1CC1. The van der Waals surface area contributed by atoms with Crippen LogP contribution in [0.15, 0.2) is 9.42 Å². The molecule has 14 heavy (non-hydrogen) atoms. The van der Waals surface area contributed by atoms with E-state index >= 15 is 0 Å². The summed E-state index contributed by atoms with van der Waals surface area (Å²) in [6.07, 6.45) is 1.76. The third kappa shape index (κ3) is 1.60. The molecule has 0 unspecified atom stereocenters. The van der Waals surface area contributed by atoms with E-state index in [1.165, 1.54) is 6.92 Å². The molecule has 0 amide bonds. The zero-order chi connectivity index (χ0) is 10.3. The molecule has 1 aliphatic rings. The molecule has 1 heterocycles. The molecule has 7 heteroatoms. The molecule has 0 radical (unpaired) electrons. The summed E-state index contributed by atoms with van der Waals surface area (Å²) in [6, 6.07) is 0.0497. The predicted octanol–water partition coefficient (Wildman–Crippen LogP) is 0.00592. The number of rotatable bonds is 3. The molecular weight excluding hydrogens is 206 g/mol. The molecule has 0 spiro atoms. The van der Waals surface area contributed by atoms with Gasteiger partial charge in [0.25, 0.3) is 0 Å². The van der Waals surface area contributed by atoms with Crippen LogP contribution >= 0.6 is 0 Å². The molecule has 6 nitrogen and oxygen atoms in total. The van der Waals surface area contributed by atoms with Crippen molar-refractivity contribution in [3.8, 4) is 0 Å². The monoisotopic (exact) mass is 217 g/mol. The van der Waals surface area contributed by atoms with E-state index in [4.69, 9.17) is 5.73 Å². The van der Waals surface area contributed by atoms with Crippen LogP contribution in [0.25, 0.3) is 0 Å². The van der Waals surface area contributed by atoms with Gasteiger partial charge in [0.05, 0.1) is 0 Å². The molecule has 1 aromatic rings. The van der Waals surface area contributed by atoms with Gasteiger partial charge in [0.1, 0.15) is 0 Å². The Morgan fingerprint density at radius 3 is 2.64 bits per heavy atom. The lowest BCUT2D eigenvalue weighted by atomic mass is 10.5. The molecule has 0 aromatic carbocycles. The lowest BCUT2D eigenvalue weighted by Crippen LogP contribution is -2.26. The van der Waals surface area contributed by atoms with Crippen LogP contribution in [0.1, 0.15) is 18.6 Å². The van der Waals surface area contributed by atoms with Gasteiger partial charge in [-0.25, -0.2) is 13.1 Å². The lowest BCUT2D eigenvalue weighted by molar-refractivity contribution is 0.396. The van der Waals surface area contributed by atoms with E-state index in [1.54, 1.807) is 0 Å². The van der Waals surface area contributed by atoms with Gasteiger partial charge in [-0.3, -0.25) is 0 Å². The average Bonchev–Trinajstić information content (AvgIpc) is 2.77. The molecule has 0 saturated heterocycles. The van der Waals surface area contributed by atoms with Gasteiger partial charge >= 0.3 is 0 Å². The van der Waals surface area contributed by atoms with Gasteiger partial charge < -0.3 is 10.3 Å². The van der Waals surface area contributed by atoms with Crippen molar-refractivity contribution in [2.75, 3.05) is 5.73 Å². The van der Waals surface area contributed by atoms with Crippen LogP contribution < -0.4 is 10.5 Å². The van der Waals surface area contributed by atoms with Crippen LogP contribution in [0.5, 0.6) is 0 Å². The van der Waals surface area contributed by atoms with Gasteiger partial charge in [0, 0.05) is 6.04 Å². The summed E-state index contributed by atoms with van der Waals surface area (Å²) in [5.74, 6) is 0.131. The summed E-state index contributed by atoms with van der Waals surface area (Å²) in [4.78, 5) is -0.0376. The maximum absolute atomic E-state index is 11.7. The molecular formula is C7H11N3O3S. The molecule has 1 fully saturated rings. The van der Waals surface area contributed by atoms with E-state index in [0.29, 0.717) is 0 Å². The van der Waals surface area contributed by atoms with E-state index in [2.05, 4.69) is 14.4 Å². The standard InChI is InChI=1S/C7H11N3O3S/c1-4-6(7(8)9-13-4)14(11,12)10-5-2-3-5/h5,10H,2-3H2,1H3,(H2,8,9). The van der Waals surface area contributed by atoms with Crippen molar-refractivity contribution in [2.24, 2.45) is 0 Å². The molecule has 1 aromatic heterocycles. The Balaban J connectivity index is 2.36. The van der Waals surface area contributed by atoms with Crippen LogP contribution in [0.4, 0.5) is 5.82 Å². The second-order valence-corrected chi connectivity index (χ2v) is 5.00. The topological polar surface area (TPSA) is 98.2 Å². The lowest BCUT2D eigenvalue weighted by Gasteiger charge is -2.02. The third-order valence-corrected chi connectivity index (χ3v) is 3.68. The Labute approximate surface area is 81.5 Å². The van der Waals surface area contributed by atoms with Crippen LogP contribution in [0.3, 0.4) is 0 Å². The first-order valence-electron chi connectivity index (χ1n) is 4.25. The number of nitrogens with two attached hydrogens (primary N) is 1. The fraction of sp³-hybridized carbons (Fsp3) is 0.571. The van der Waals surface area contributed by atoms with Crippen molar-refractivity contribution in [3.63, 3.8) is 0 Å². The summed E-state index contributed by atoms with van der Waals surface area (Å²) in [7, 11) is -3.55. The van der Waals surface area contributed by atoms with E-state index < -0.39 is 10.0 Å². The largest absolute Gasteiger partial charge is 0.380 e. The van der Waals surface area contributed by atoms with Crippen molar-refractivity contribution in [1.82, 2.24) is 9.88 Å². The van der Waals surface area contributed by atoms with Gasteiger partial charge in [-0.1, -0.05) is 5.16 Å². The van der Waals surface area contributed by atoms with E-state index in [0.717, 1.165) is 12.8 Å². The fourth-order valence-corrected chi connectivity index (χ4v) is 2.71. The smallest absolute Gasteiger partial charge is 0.248 e. The molecule has 78 valence electrons. The Bertz CT molecular complexity index is 427. The van der Waals surface area contributed by atoms with Gasteiger partial charge in [-0.2, -0.15) is 0 Å². The first-order valence-corrected chi connectivity index (χ1v) is 5.73. The molecule has 0 aliphatic heterocycles. The summed E-state index contributed by atoms with van der Waals surface area (Å²) in [5, 5.41) is 3.39. The Kier molecular flexibility index (Phi) is 2.00. The van der Waals surface area contributed by atoms with Crippen molar-refractivity contribution in [1.29, 1.82) is 0 Å². The molecule has 0 atom stereocenters. The number of hydrogen-bond donors (Lipinski definition) is 2. The Hall–Kier alpha value is -1.08. The molecule has 2 rings (SSSR count). The van der Waals surface area contributed by atoms with Crippen molar-refractivity contribution in [3.05, 3.63) is 5.76 Å². The highest BCUT2D eigenvalue weighted by molar-refractivity contribution is 7.89. The highest BCUT2D eigenvalue weighted by atomic mass is 32.2. The summed E-state index contributed by atoms with van der Waals surface area (Å²) in [5.41, 5.74) is 5.40. The van der Waals surface area contributed by atoms with Crippen LogP contribution in [0, 0.1) is 6.92 Å². The minimum Gasteiger partial charge on any atom is -0.380 e. The number of hydrogen-bond acceptors (Lipinski definition) is 5. The molecule has 1 aliphatic carbocycles. The molecule has 3 N–H and O–H groups in total. The number of aryl methyl sites for hydroxylation is 1. The second kappa shape index (κ2) is 2.96. The number of nitrogen functional groups attached to an aromatic ring is 1. The van der Waals surface area contributed by atoms with Crippen molar-refractivity contribution in [2.45, 2.75) is 30.7 Å². The Morgan fingerprint density at radius 1 is 1.57 bits per heavy atom. The first-order chi connectivity index (χ1) is 6.50. The number of sulfonamides is 1. The second-order valence-electron chi connectivity index (χ2n) is 3.35. The minimum atomic E-state index is -3.55. The van der Waals surface area contributed by atoms with Gasteiger partial charge in [0.15, 0.2) is 16.5 Å². The number of nitrogens with zero attached hydrogens (tertiary/aromatic N) is 1. The quantitative estimate of drug-likeness (QED) is 0.742. The molecule has 0 bridgehead atoms. The van der Waals surface area contributed by atoms with Crippen LogP contribution in [-0.2, 0) is 10.0 Å². The van der Waals surface area contributed by atoms with Crippen molar-refractivity contribution >= 4 is 15.8 Å². The minimum absolute atomic E-state index is 0.0376. The number of anilines is 1. The summed E-state index contributed by atoms with van der Waals surface area (Å²) in [6.45, 7) is 1.52. The zero-order valence-electron chi connectivity index (χ0n) is 7.65. The number of nitrogens with one attached hydrogen (secondary N) is 1. The predicted molar refractivity (Wildman–Crippen MR) is 49.0 cm³/mol. The average molecular weight is 217 g/mol. The van der Waals surface area contributed by atoms with E-state index in [-0.39, 0.29) is 22.5 Å². The molecule has 1 saturated carbocycles. The van der Waals surface area contributed by atoms with Crippen LogP contribution in [0.2, 0.25) is 0 Å². The third-order valence-electron chi connectivity index (χ3n) is 2.00. The maximum Gasteiger partial charge on any atom is 0.248 e. The maximum atomic E-state index is 11.7. The summed E-state index contributed by atoms with van der Waals surface area (Å²) < 4.78 is 30.6. The van der Waals surface area contributed by atoms with Gasteiger partial charge in [-0.05, 0) is 19.8 Å². The number of aromatic nitrogens is 1. The Morgan fingerprint density at radius 2 is 2.21 bits per heavy atom.